The highest BCUT2D eigenvalue weighted by molar-refractivity contribution is 5.72. The number of nitrogens with two attached hydrogens (primary N) is 1. The first-order valence-electron chi connectivity index (χ1n) is 8.47. The normalized spacial score (nSPS) is 11.1. The van der Waals surface area contributed by atoms with Crippen LogP contribution in [0.2, 0.25) is 0 Å². The van der Waals surface area contributed by atoms with Crippen LogP contribution in [0.5, 0.6) is 5.75 Å². The number of aromatic nitrogens is 3. The fourth-order valence-corrected chi connectivity index (χ4v) is 2.78. The van der Waals surface area contributed by atoms with Crippen molar-refractivity contribution < 1.29 is 4.74 Å². The lowest BCUT2D eigenvalue weighted by Gasteiger charge is -2.09. The van der Waals surface area contributed by atoms with Gasteiger partial charge in [-0.05, 0) is 50.1 Å². The minimum Gasteiger partial charge on any atom is -0.493 e. The molecule has 0 fully saturated rings. The quantitative estimate of drug-likeness (QED) is 0.647. The van der Waals surface area contributed by atoms with Crippen molar-refractivity contribution in [2.45, 2.75) is 32.7 Å². The van der Waals surface area contributed by atoms with Crippen molar-refractivity contribution in [2.24, 2.45) is 5.73 Å². The molecule has 2 aromatic heterocycles. The van der Waals surface area contributed by atoms with Crippen molar-refractivity contribution >= 4 is 11.2 Å². The van der Waals surface area contributed by atoms with Gasteiger partial charge in [-0.25, -0.2) is 9.97 Å². The molecular formula is C19H24N4O. The maximum absolute atomic E-state index is 5.82. The number of hydrogen-bond acceptors (Lipinski definition) is 4. The first kappa shape index (κ1) is 16.5. The number of para-hydroxylation sites is 1. The molecule has 126 valence electrons. The van der Waals surface area contributed by atoms with E-state index in [1.165, 1.54) is 0 Å². The summed E-state index contributed by atoms with van der Waals surface area (Å²) in [6, 6.07) is 12.0. The third-order valence-electron chi connectivity index (χ3n) is 3.97. The second kappa shape index (κ2) is 7.93. The van der Waals surface area contributed by atoms with Gasteiger partial charge in [0, 0.05) is 19.2 Å². The average molecular weight is 324 g/mol. The summed E-state index contributed by atoms with van der Waals surface area (Å²) in [7, 11) is 0. The molecule has 0 aliphatic carbocycles. The van der Waals surface area contributed by atoms with E-state index in [-0.39, 0.29) is 0 Å². The van der Waals surface area contributed by atoms with Gasteiger partial charge < -0.3 is 15.0 Å². The Morgan fingerprint density at radius 2 is 2.00 bits per heavy atom. The van der Waals surface area contributed by atoms with Crippen LogP contribution >= 0.6 is 0 Å². The minimum atomic E-state index is 0.600. The van der Waals surface area contributed by atoms with Crippen LogP contribution in [0.1, 0.15) is 24.2 Å². The summed E-state index contributed by atoms with van der Waals surface area (Å²) in [6.45, 7) is 4.25. The van der Waals surface area contributed by atoms with Crippen LogP contribution in [0.25, 0.3) is 11.2 Å². The summed E-state index contributed by atoms with van der Waals surface area (Å²) in [5, 5.41) is 0. The fraction of sp³-hybridized carbons (Fsp3) is 0.368. The Bertz CT molecular complexity index is 783. The van der Waals surface area contributed by atoms with Gasteiger partial charge in [0.1, 0.15) is 17.1 Å². The molecule has 0 radical (unpaired) electrons. The zero-order chi connectivity index (χ0) is 16.8. The van der Waals surface area contributed by atoms with E-state index >= 15 is 0 Å². The molecule has 0 unspecified atom stereocenters. The number of pyridine rings is 1. The average Bonchev–Trinajstić information content (AvgIpc) is 2.93. The van der Waals surface area contributed by atoms with E-state index in [9.17, 15) is 0 Å². The summed E-state index contributed by atoms with van der Waals surface area (Å²) >= 11 is 0. The number of aryl methyl sites for hydroxylation is 2. The summed E-state index contributed by atoms with van der Waals surface area (Å²) in [6.07, 6.45) is 4.69. The lowest BCUT2D eigenvalue weighted by molar-refractivity contribution is 0.316. The Hall–Kier alpha value is -2.40. The lowest BCUT2D eigenvalue weighted by atomic mass is 10.3. The third-order valence-corrected chi connectivity index (χ3v) is 3.97. The Morgan fingerprint density at radius 1 is 1.17 bits per heavy atom. The SMILES string of the molecule is Cc1cnc2c(c1)nc(CCOc1ccccc1)n2CCCCN. The van der Waals surface area contributed by atoms with Gasteiger partial charge in [0.05, 0.1) is 6.61 Å². The van der Waals surface area contributed by atoms with Crippen LogP contribution in [0.15, 0.2) is 42.6 Å². The molecule has 0 bridgehead atoms. The number of imidazole rings is 1. The number of ether oxygens (including phenoxy) is 1. The van der Waals surface area contributed by atoms with E-state index in [2.05, 4.69) is 15.6 Å². The Morgan fingerprint density at radius 3 is 2.79 bits per heavy atom. The fourth-order valence-electron chi connectivity index (χ4n) is 2.78. The highest BCUT2D eigenvalue weighted by atomic mass is 16.5. The van der Waals surface area contributed by atoms with Gasteiger partial charge in [-0.15, -0.1) is 0 Å². The summed E-state index contributed by atoms with van der Waals surface area (Å²) in [5.74, 6) is 1.91. The predicted octanol–water partition coefficient (Wildman–Crippen LogP) is 3.10. The van der Waals surface area contributed by atoms with Crippen molar-refractivity contribution in [3.8, 4) is 5.75 Å². The van der Waals surface area contributed by atoms with Gasteiger partial charge in [0.15, 0.2) is 5.65 Å². The summed E-state index contributed by atoms with van der Waals surface area (Å²) in [5.41, 5.74) is 8.66. The number of unbranched alkanes of at least 4 members (excludes halogenated alkanes) is 1. The maximum Gasteiger partial charge on any atom is 0.160 e. The first-order valence-corrected chi connectivity index (χ1v) is 8.47. The molecule has 2 heterocycles. The zero-order valence-electron chi connectivity index (χ0n) is 14.1. The third kappa shape index (κ3) is 3.92. The topological polar surface area (TPSA) is 66.0 Å². The van der Waals surface area contributed by atoms with Gasteiger partial charge in [-0.2, -0.15) is 0 Å². The first-order chi connectivity index (χ1) is 11.8. The molecule has 1 aromatic carbocycles. The van der Waals surface area contributed by atoms with Crippen LogP contribution in [0.4, 0.5) is 0 Å². The summed E-state index contributed by atoms with van der Waals surface area (Å²) in [4.78, 5) is 9.35. The second-order valence-corrected chi connectivity index (χ2v) is 5.94. The van der Waals surface area contributed by atoms with Crippen LogP contribution in [0.3, 0.4) is 0 Å². The van der Waals surface area contributed by atoms with Crippen molar-refractivity contribution in [1.29, 1.82) is 0 Å². The molecule has 5 nitrogen and oxygen atoms in total. The van der Waals surface area contributed by atoms with Crippen LogP contribution in [-0.2, 0) is 13.0 Å². The van der Waals surface area contributed by atoms with Crippen LogP contribution in [0, 0.1) is 6.92 Å². The predicted molar refractivity (Wildman–Crippen MR) is 96.2 cm³/mol. The monoisotopic (exact) mass is 324 g/mol. The molecule has 0 aliphatic rings. The molecule has 0 amide bonds. The highest BCUT2D eigenvalue weighted by Gasteiger charge is 2.12. The maximum atomic E-state index is 5.82. The Labute approximate surface area is 142 Å². The van der Waals surface area contributed by atoms with Crippen molar-refractivity contribution in [3.05, 3.63) is 54.0 Å². The Balaban J connectivity index is 1.75. The molecular weight excluding hydrogens is 300 g/mol. The van der Waals surface area contributed by atoms with Crippen molar-refractivity contribution in [1.82, 2.24) is 14.5 Å². The van der Waals surface area contributed by atoms with Crippen molar-refractivity contribution in [2.75, 3.05) is 13.2 Å². The number of fused-ring (bicyclic) bond motifs is 1. The largest absolute Gasteiger partial charge is 0.493 e. The molecule has 0 saturated carbocycles. The van der Waals surface area contributed by atoms with Crippen molar-refractivity contribution in [3.63, 3.8) is 0 Å². The highest BCUT2D eigenvalue weighted by Crippen LogP contribution is 2.17. The number of rotatable bonds is 8. The molecule has 0 spiro atoms. The molecule has 2 N–H and O–H groups in total. The summed E-state index contributed by atoms with van der Waals surface area (Å²) < 4.78 is 8.02. The van der Waals surface area contributed by atoms with Gasteiger partial charge in [-0.1, -0.05) is 18.2 Å². The molecule has 3 aromatic rings. The van der Waals surface area contributed by atoms with Gasteiger partial charge in [0.2, 0.25) is 0 Å². The van der Waals surface area contributed by atoms with Crippen LogP contribution < -0.4 is 10.5 Å². The van der Waals surface area contributed by atoms with E-state index in [0.717, 1.165) is 54.1 Å². The van der Waals surface area contributed by atoms with E-state index in [1.807, 2.05) is 43.5 Å². The second-order valence-electron chi connectivity index (χ2n) is 5.94. The molecule has 0 saturated heterocycles. The zero-order valence-corrected chi connectivity index (χ0v) is 14.1. The van der Waals surface area contributed by atoms with Gasteiger partial charge in [-0.3, -0.25) is 0 Å². The molecule has 0 aliphatic heterocycles. The smallest absolute Gasteiger partial charge is 0.160 e. The number of hydrogen-bond donors (Lipinski definition) is 1. The van der Waals surface area contributed by atoms with E-state index < -0.39 is 0 Å². The molecule has 0 atom stereocenters. The number of benzene rings is 1. The molecule has 24 heavy (non-hydrogen) atoms. The minimum absolute atomic E-state index is 0.600. The van der Waals surface area contributed by atoms with Gasteiger partial charge >= 0.3 is 0 Å². The van der Waals surface area contributed by atoms with E-state index in [1.54, 1.807) is 0 Å². The van der Waals surface area contributed by atoms with E-state index in [0.29, 0.717) is 13.2 Å². The van der Waals surface area contributed by atoms with Gasteiger partial charge in [0.25, 0.3) is 0 Å². The van der Waals surface area contributed by atoms with E-state index in [4.69, 9.17) is 15.5 Å². The lowest BCUT2D eigenvalue weighted by Crippen LogP contribution is -2.10. The Kier molecular flexibility index (Phi) is 5.43. The molecule has 5 heteroatoms. The number of nitrogens with zero attached hydrogens (tertiary/aromatic N) is 3. The standard InChI is InChI=1S/C19H24N4O/c1-15-13-17-19(21-14-15)23(11-6-5-10-20)18(22-17)9-12-24-16-7-3-2-4-8-16/h2-4,7-8,13-14H,5-6,9-12,20H2,1H3. The van der Waals surface area contributed by atoms with Crippen LogP contribution in [-0.4, -0.2) is 27.7 Å². The molecule has 3 rings (SSSR count).